The summed E-state index contributed by atoms with van der Waals surface area (Å²) in [6, 6.07) is 10.3. The second-order valence-electron chi connectivity index (χ2n) is 4.19. The molecule has 0 radical (unpaired) electrons. The lowest BCUT2D eigenvalue weighted by atomic mass is 10.2. The Morgan fingerprint density at radius 1 is 1.25 bits per heavy atom. The molecule has 0 aliphatic carbocycles. The van der Waals surface area contributed by atoms with E-state index >= 15 is 0 Å². The molecule has 1 aliphatic heterocycles. The van der Waals surface area contributed by atoms with Gasteiger partial charge in [-0.1, -0.05) is 43.7 Å². The average Bonchev–Trinajstić information content (AvgIpc) is 2.69. The molecule has 0 amide bonds. The highest BCUT2D eigenvalue weighted by atomic mass is 16.5. The Kier molecular flexibility index (Phi) is 3.50. The van der Waals surface area contributed by atoms with Crippen LogP contribution < -0.4 is 5.32 Å². The Morgan fingerprint density at radius 2 is 2.00 bits per heavy atom. The predicted molar refractivity (Wildman–Crippen MR) is 65.6 cm³/mol. The van der Waals surface area contributed by atoms with Gasteiger partial charge in [0.15, 0.2) is 6.23 Å². The summed E-state index contributed by atoms with van der Waals surface area (Å²) in [7, 11) is 0. The maximum absolute atomic E-state index is 5.83. The standard InChI is InChI=1S/C14H19NO/c1-3-4-10-13-11(2)16-14(15-13)12-8-6-5-7-9-12/h5-9,14-15H,3-4,10H2,1-2H3. The van der Waals surface area contributed by atoms with E-state index in [4.69, 9.17) is 4.74 Å². The Morgan fingerprint density at radius 3 is 2.69 bits per heavy atom. The summed E-state index contributed by atoms with van der Waals surface area (Å²) in [5.74, 6) is 1.04. The molecule has 0 aromatic heterocycles. The van der Waals surface area contributed by atoms with E-state index in [2.05, 4.69) is 24.4 Å². The van der Waals surface area contributed by atoms with E-state index < -0.39 is 0 Å². The molecule has 2 rings (SSSR count). The van der Waals surface area contributed by atoms with Gasteiger partial charge in [-0.25, -0.2) is 0 Å². The van der Waals surface area contributed by atoms with Crippen LogP contribution in [0.25, 0.3) is 0 Å². The van der Waals surface area contributed by atoms with Gasteiger partial charge in [0.05, 0.1) is 5.70 Å². The minimum Gasteiger partial charge on any atom is -0.469 e. The summed E-state index contributed by atoms with van der Waals surface area (Å²) in [6.45, 7) is 4.25. The fourth-order valence-electron chi connectivity index (χ4n) is 1.92. The quantitative estimate of drug-likeness (QED) is 0.829. The molecule has 2 heteroatoms. The predicted octanol–water partition coefficient (Wildman–Crippen LogP) is 3.73. The topological polar surface area (TPSA) is 21.3 Å². The molecule has 1 heterocycles. The van der Waals surface area contributed by atoms with Crippen LogP contribution in [0, 0.1) is 0 Å². The van der Waals surface area contributed by atoms with Gasteiger partial charge in [0.2, 0.25) is 0 Å². The summed E-state index contributed by atoms with van der Waals surface area (Å²) in [5.41, 5.74) is 2.45. The molecule has 86 valence electrons. The Balaban J connectivity index is 2.00. The van der Waals surface area contributed by atoms with Crippen LogP contribution in [0.3, 0.4) is 0 Å². The van der Waals surface area contributed by atoms with E-state index in [1.54, 1.807) is 0 Å². The molecule has 0 spiro atoms. The second-order valence-corrected chi connectivity index (χ2v) is 4.19. The minimum absolute atomic E-state index is 0.00746. The van der Waals surface area contributed by atoms with Crippen molar-refractivity contribution in [1.82, 2.24) is 5.32 Å². The molecule has 2 nitrogen and oxygen atoms in total. The number of allylic oxidation sites excluding steroid dienone is 2. The van der Waals surface area contributed by atoms with Crippen LogP contribution >= 0.6 is 0 Å². The monoisotopic (exact) mass is 217 g/mol. The molecule has 0 fully saturated rings. The molecule has 0 saturated heterocycles. The van der Waals surface area contributed by atoms with Crippen molar-refractivity contribution in [2.75, 3.05) is 0 Å². The van der Waals surface area contributed by atoms with Gasteiger partial charge in [0, 0.05) is 5.56 Å². The zero-order valence-electron chi connectivity index (χ0n) is 9.99. The SMILES string of the molecule is CCCCC1=C(C)OC(c2ccccc2)N1. The molecular formula is C14H19NO. The first kappa shape index (κ1) is 11.1. The number of benzene rings is 1. The smallest absolute Gasteiger partial charge is 0.195 e. The zero-order valence-corrected chi connectivity index (χ0v) is 9.99. The van der Waals surface area contributed by atoms with Gasteiger partial charge in [-0.3, -0.25) is 0 Å². The van der Waals surface area contributed by atoms with E-state index in [9.17, 15) is 0 Å². The lowest BCUT2D eigenvalue weighted by Gasteiger charge is -2.13. The van der Waals surface area contributed by atoms with Crippen LogP contribution in [-0.4, -0.2) is 0 Å². The average molecular weight is 217 g/mol. The fourth-order valence-corrected chi connectivity index (χ4v) is 1.92. The molecule has 0 saturated carbocycles. The van der Waals surface area contributed by atoms with Crippen molar-refractivity contribution >= 4 is 0 Å². The third-order valence-electron chi connectivity index (χ3n) is 2.91. The number of nitrogens with one attached hydrogen (secondary N) is 1. The lowest BCUT2D eigenvalue weighted by Crippen LogP contribution is -2.15. The van der Waals surface area contributed by atoms with E-state index in [-0.39, 0.29) is 6.23 Å². The van der Waals surface area contributed by atoms with E-state index in [1.165, 1.54) is 24.1 Å². The second kappa shape index (κ2) is 5.06. The maximum atomic E-state index is 5.83. The van der Waals surface area contributed by atoms with Gasteiger partial charge in [0.25, 0.3) is 0 Å². The van der Waals surface area contributed by atoms with Crippen molar-refractivity contribution < 1.29 is 4.74 Å². The Hall–Kier alpha value is -1.44. The molecule has 16 heavy (non-hydrogen) atoms. The number of rotatable bonds is 4. The largest absolute Gasteiger partial charge is 0.469 e. The molecule has 1 aromatic carbocycles. The van der Waals surface area contributed by atoms with Crippen molar-refractivity contribution in [1.29, 1.82) is 0 Å². The lowest BCUT2D eigenvalue weighted by molar-refractivity contribution is 0.130. The molecule has 1 aromatic rings. The van der Waals surface area contributed by atoms with Crippen LogP contribution in [0.4, 0.5) is 0 Å². The van der Waals surface area contributed by atoms with Gasteiger partial charge in [-0.2, -0.15) is 0 Å². The van der Waals surface area contributed by atoms with Crippen LogP contribution in [-0.2, 0) is 4.74 Å². The summed E-state index contributed by atoms with van der Waals surface area (Å²) in [4.78, 5) is 0. The van der Waals surface area contributed by atoms with Gasteiger partial charge >= 0.3 is 0 Å². The summed E-state index contributed by atoms with van der Waals surface area (Å²) < 4.78 is 5.83. The molecule has 0 bridgehead atoms. The third kappa shape index (κ3) is 2.38. The van der Waals surface area contributed by atoms with Crippen molar-refractivity contribution in [3.8, 4) is 0 Å². The number of hydrogen-bond donors (Lipinski definition) is 1. The highest BCUT2D eigenvalue weighted by Crippen LogP contribution is 2.28. The summed E-state index contributed by atoms with van der Waals surface area (Å²) >= 11 is 0. The van der Waals surface area contributed by atoms with E-state index in [0.717, 1.165) is 12.2 Å². The molecule has 1 atom stereocenters. The van der Waals surface area contributed by atoms with E-state index in [1.807, 2.05) is 25.1 Å². The Bertz CT molecular complexity index is 370. The first-order chi connectivity index (χ1) is 7.81. The minimum atomic E-state index is 0.00746. The van der Waals surface area contributed by atoms with Crippen molar-refractivity contribution in [2.45, 2.75) is 39.3 Å². The Labute approximate surface area is 97.3 Å². The molecule has 1 aliphatic rings. The molecular weight excluding hydrogens is 198 g/mol. The highest BCUT2D eigenvalue weighted by Gasteiger charge is 2.22. The van der Waals surface area contributed by atoms with Crippen molar-refractivity contribution in [2.24, 2.45) is 0 Å². The van der Waals surface area contributed by atoms with Gasteiger partial charge < -0.3 is 10.1 Å². The van der Waals surface area contributed by atoms with Gasteiger partial charge in [0.1, 0.15) is 5.76 Å². The third-order valence-corrected chi connectivity index (χ3v) is 2.91. The van der Waals surface area contributed by atoms with Crippen LogP contribution in [0.15, 0.2) is 41.8 Å². The van der Waals surface area contributed by atoms with Crippen LogP contribution in [0.5, 0.6) is 0 Å². The number of ether oxygens (including phenoxy) is 1. The van der Waals surface area contributed by atoms with Crippen molar-refractivity contribution in [3.05, 3.63) is 47.4 Å². The zero-order chi connectivity index (χ0) is 11.4. The summed E-state index contributed by atoms with van der Waals surface area (Å²) in [6.07, 6.45) is 3.53. The summed E-state index contributed by atoms with van der Waals surface area (Å²) in [5, 5.41) is 3.45. The number of hydrogen-bond acceptors (Lipinski definition) is 2. The van der Waals surface area contributed by atoms with Crippen molar-refractivity contribution in [3.63, 3.8) is 0 Å². The molecule has 1 N–H and O–H groups in total. The van der Waals surface area contributed by atoms with Gasteiger partial charge in [-0.15, -0.1) is 0 Å². The first-order valence-electron chi connectivity index (χ1n) is 5.99. The fraction of sp³-hybridized carbons (Fsp3) is 0.429. The number of unbranched alkanes of at least 4 members (excludes halogenated alkanes) is 1. The van der Waals surface area contributed by atoms with Crippen LogP contribution in [0.1, 0.15) is 44.9 Å². The maximum Gasteiger partial charge on any atom is 0.195 e. The van der Waals surface area contributed by atoms with E-state index in [0.29, 0.717) is 0 Å². The highest BCUT2D eigenvalue weighted by molar-refractivity contribution is 5.22. The van der Waals surface area contributed by atoms with Crippen LogP contribution in [0.2, 0.25) is 0 Å². The van der Waals surface area contributed by atoms with Gasteiger partial charge in [-0.05, 0) is 19.8 Å². The molecule has 1 unspecified atom stereocenters. The normalized spacial score (nSPS) is 19.5. The first-order valence-corrected chi connectivity index (χ1v) is 5.99.